The van der Waals surface area contributed by atoms with Crippen LogP contribution >= 0.6 is 0 Å². The van der Waals surface area contributed by atoms with E-state index < -0.39 is 0 Å². The third-order valence-electron chi connectivity index (χ3n) is 10.4. The summed E-state index contributed by atoms with van der Waals surface area (Å²) < 4.78 is 8.74. The predicted molar refractivity (Wildman–Crippen MR) is 209 cm³/mol. The molecule has 1 aliphatic rings. The van der Waals surface area contributed by atoms with Crippen LogP contribution in [0, 0.1) is 0 Å². The molecule has 0 saturated heterocycles. The molecule has 0 atom stereocenters. The summed E-state index contributed by atoms with van der Waals surface area (Å²) in [6.07, 6.45) is 0. The fraction of sp³-hybridized carbons (Fsp3) is 0.0638. The molecule has 0 bridgehead atoms. The van der Waals surface area contributed by atoms with Crippen LogP contribution in [0.3, 0.4) is 0 Å². The maximum atomic E-state index is 6.22. The smallest absolute Gasteiger partial charge is 0.160 e. The lowest BCUT2D eigenvalue weighted by atomic mass is 9.85. The van der Waals surface area contributed by atoms with Crippen molar-refractivity contribution >= 4 is 32.6 Å². The second kappa shape index (κ2) is 11.3. The molecule has 0 aliphatic heterocycles. The van der Waals surface area contributed by atoms with Gasteiger partial charge in [-0.15, -0.1) is 0 Å². The first-order valence-electron chi connectivity index (χ1n) is 17.4. The van der Waals surface area contributed by atoms with Crippen molar-refractivity contribution in [2.24, 2.45) is 0 Å². The number of hydrogen-bond donors (Lipinski definition) is 0. The number of nitrogens with zero attached hydrogens (tertiary/aromatic N) is 3. The minimum atomic E-state index is -0.212. The Kier molecular flexibility index (Phi) is 6.49. The third kappa shape index (κ3) is 4.53. The molecule has 4 nitrogen and oxygen atoms in total. The summed E-state index contributed by atoms with van der Waals surface area (Å²) in [5, 5.41) is 4.50. The summed E-state index contributed by atoms with van der Waals surface area (Å²) in [6, 6.07) is 57.1. The van der Waals surface area contributed by atoms with E-state index in [-0.39, 0.29) is 5.41 Å². The van der Waals surface area contributed by atoms with E-state index >= 15 is 0 Å². The van der Waals surface area contributed by atoms with Crippen LogP contribution in [0.25, 0.3) is 72.0 Å². The summed E-state index contributed by atoms with van der Waals surface area (Å²) in [5.74, 6) is 2.18. The zero-order valence-corrected chi connectivity index (χ0v) is 28.3. The Balaban J connectivity index is 1.27. The molecule has 0 unspecified atom stereocenters. The number of rotatable bonds is 5. The molecule has 4 heteroatoms. The highest BCUT2D eigenvalue weighted by Crippen LogP contribution is 2.54. The molecular formula is C47H33N3O. The maximum Gasteiger partial charge on any atom is 0.160 e. The van der Waals surface area contributed by atoms with Crippen LogP contribution in [0.5, 0.6) is 11.5 Å². The Morgan fingerprint density at radius 3 is 2.00 bits per heavy atom. The monoisotopic (exact) mass is 655 g/mol. The first-order valence-corrected chi connectivity index (χ1v) is 17.4. The van der Waals surface area contributed by atoms with Gasteiger partial charge in [-0.1, -0.05) is 141 Å². The van der Waals surface area contributed by atoms with Crippen molar-refractivity contribution in [2.45, 2.75) is 19.3 Å². The van der Waals surface area contributed by atoms with Gasteiger partial charge in [-0.25, -0.2) is 9.97 Å². The van der Waals surface area contributed by atoms with Gasteiger partial charge in [0.25, 0.3) is 0 Å². The van der Waals surface area contributed by atoms with Gasteiger partial charge in [-0.3, -0.25) is 0 Å². The molecule has 0 amide bonds. The van der Waals surface area contributed by atoms with Crippen LogP contribution in [0.4, 0.5) is 0 Å². The van der Waals surface area contributed by atoms with Gasteiger partial charge in [0.1, 0.15) is 11.5 Å². The molecule has 51 heavy (non-hydrogen) atoms. The maximum absolute atomic E-state index is 6.22. The molecule has 0 fully saturated rings. The average molecular weight is 656 g/mol. The summed E-state index contributed by atoms with van der Waals surface area (Å²) >= 11 is 0. The van der Waals surface area contributed by atoms with Gasteiger partial charge in [0.2, 0.25) is 0 Å². The van der Waals surface area contributed by atoms with Gasteiger partial charge < -0.3 is 9.30 Å². The number of aromatic nitrogens is 3. The highest BCUT2D eigenvalue weighted by molar-refractivity contribution is 6.14. The molecule has 0 radical (unpaired) electrons. The average Bonchev–Trinajstić information content (AvgIpc) is 3.65. The van der Waals surface area contributed by atoms with Gasteiger partial charge in [0.15, 0.2) is 5.82 Å². The zero-order chi connectivity index (χ0) is 34.1. The first kappa shape index (κ1) is 29.4. The molecule has 2 aromatic heterocycles. The highest BCUT2D eigenvalue weighted by Gasteiger charge is 2.41. The van der Waals surface area contributed by atoms with Crippen molar-refractivity contribution in [1.29, 1.82) is 0 Å². The minimum absolute atomic E-state index is 0.212. The van der Waals surface area contributed by atoms with E-state index in [2.05, 4.69) is 128 Å². The topological polar surface area (TPSA) is 39.9 Å². The molecule has 2 heterocycles. The van der Waals surface area contributed by atoms with E-state index in [1.54, 1.807) is 0 Å². The Morgan fingerprint density at radius 2 is 1.18 bits per heavy atom. The Labute approximate surface area is 296 Å². The number of fused-ring (bicyclic) bond motifs is 8. The van der Waals surface area contributed by atoms with Crippen molar-refractivity contribution in [3.63, 3.8) is 0 Å². The van der Waals surface area contributed by atoms with Gasteiger partial charge in [0.05, 0.1) is 22.4 Å². The molecule has 0 saturated carbocycles. The number of ether oxygens (including phenoxy) is 1. The Hall–Kier alpha value is -6.52. The van der Waals surface area contributed by atoms with Gasteiger partial charge in [0, 0.05) is 49.3 Å². The zero-order valence-electron chi connectivity index (χ0n) is 28.3. The summed E-state index contributed by atoms with van der Waals surface area (Å²) in [4.78, 5) is 10.7. The van der Waals surface area contributed by atoms with Crippen LogP contribution in [-0.4, -0.2) is 14.5 Å². The fourth-order valence-electron chi connectivity index (χ4n) is 8.12. The number of benzene rings is 7. The Bertz CT molecular complexity index is 2800. The molecular weight excluding hydrogens is 623 g/mol. The molecule has 1 aliphatic carbocycles. The van der Waals surface area contributed by atoms with Gasteiger partial charge in [-0.05, 0) is 47.5 Å². The normalized spacial score (nSPS) is 13.1. The van der Waals surface area contributed by atoms with E-state index in [0.717, 1.165) is 55.7 Å². The standard InChI is InChI=1S/C47H33N3O/c1-47(2)39-26-13-11-24-36(39)42-37-25-12-14-27-40(37)50(45(42)47)41-29-38-43(30-16-5-3-6-17-30)48-46(49-44(38)35-23-10-9-22-34(35)41)31-18-15-21-33(28-31)51-32-19-7-4-8-20-32/h3-29H,1-2H3. The number of para-hydroxylation sites is 2. The minimum Gasteiger partial charge on any atom is -0.457 e. The lowest BCUT2D eigenvalue weighted by Crippen LogP contribution is -2.20. The molecule has 7 aromatic carbocycles. The quantitative estimate of drug-likeness (QED) is 0.173. The molecule has 0 N–H and O–H groups in total. The van der Waals surface area contributed by atoms with Crippen LogP contribution in [0.1, 0.15) is 25.1 Å². The lowest BCUT2D eigenvalue weighted by Gasteiger charge is -2.25. The summed E-state index contributed by atoms with van der Waals surface area (Å²) in [5.41, 5.74) is 11.2. The van der Waals surface area contributed by atoms with Gasteiger partial charge >= 0.3 is 0 Å². The Morgan fingerprint density at radius 1 is 0.529 bits per heavy atom. The molecule has 0 spiro atoms. The largest absolute Gasteiger partial charge is 0.457 e. The van der Waals surface area contributed by atoms with Crippen molar-refractivity contribution in [1.82, 2.24) is 14.5 Å². The van der Waals surface area contributed by atoms with Gasteiger partial charge in [-0.2, -0.15) is 0 Å². The SMILES string of the molecule is CC1(C)c2ccccc2-c2c1n(-c1cc3c(-c4ccccc4)nc(-c4cccc(Oc5ccccc5)c4)nc3c3ccccc13)c1ccccc21. The molecule has 242 valence electrons. The van der Waals surface area contributed by atoms with Crippen molar-refractivity contribution < 1.29 is 4.74 Å². The predicted octanol–water partition coefficient (Wildman–Crippen LogP) is 12.2. The highest BCUT2D eigenvalue weighted by atomic mass is 16.5. The van der Waals surface area contributed by atoms with Crippen LogP contribution < -0.4 is 4.74 Å². The second-order valence-electron chi connectivity index (χ2n) is 13.8. The van der Waals surface area contributed by atoms with E-state index in [1.807, 2.05) is 54.6 Å². The summed E-state index contributed by atoms with van der Waals surface area (Å²) in [6.45, 7) is 4.72. The third-order valence-corrected chi connectivity index (χ3v) is 10.4. The summed E-state index contributed by atoms with van der Waals surface area (Å²) in [7, 11) is 0. The van der Waals surface area contributed by atoms with E-state index in [0.29, 0.717) is 5.82 Å². The van der Waals surface area contributed by atoms with Crippen LogP contribution in [0.2, 0.25) is 0 Å². The molecule has 10 rings (SSSR count). The second-order valence-corrected chi connectivity index (χ2v) is 13.8. The first-order chi connectivity index (χ1) is 25.1. The van der Waals surface area contributed by atoms with Crippen molar-refractivity contribution in [3.05, 3.63) is 175 Å². The van der Waals surface area contributed by atoms with Crippen molar-refractivity contribution in [2.75, 3.05) is 0 Å². The van der Waals surface area contributed by atoms with E-state index in [9.17, 15) is 0 Å². The molecule has 9 aromatic rings. The van der Waals surface area contributed by atoms with E-state index in [1.165, 1.54) is 33.3 Å². The fourth-order valence-corrected chi connectivity index (χ4v) is 8.12. The lowest BCUT2D eigenvalue weighted by molar-refractivity contribution is 0.483. The van der Waals surface area contributed by atoms with Crippen LogP contribution in [-0.2, 0) is 5.41 Å². The van der Waals surface area contributed by atoms with Crippen molar-refractivity contribution in [3.8, 4) is 51.0 Å². The van der Waals surface area contributed by atoms with Crippen LogP contribution in [0.15, 0.2) is 164 Å². The number of hydrogen-bond acceptors (Lipinski definition) is 3. The van der Waals surface area contributed by atoms with E-state index in [4.69, 9.17) is 14.7 Å².